The van der Waals surface area contributed by atoms with Crippen LogP contribution in [0, 0.1) is 12.7 Å². The van der Waals surface area contributed by atoms with E-state index >= 15 is 0 Å². The van der Waals surface area contributed by atoms with E-state index in [0.29, 0.717) is 12.2 Å². The van der Waals surface area contributed by atoms with Gasteiger partial charge in [-0.15, -0.1) is 0 Å². The largest absolute Gasteiger partial charge is 0.399 e. The molecule has 0 spiro atoms. The third-order valence-electron chi connectivity index (χ3n) is 4.73. The number of aromatic nitrogens is 2. The molecule has 0 saturated heterocycles. The Morgan fingerprint density at radius 3 is 2.54 bits per heavy atom. The van der Waals surface area contributed by atoms with Crippen molar-refractivity contribution >= 4 is 22.3 Å². The lowest BCUT2D eigenvalue weighted by Gasteiger charge is -2.13. The Labute approximate surface area is 163 Å². The molecule has 0 unspecified atom stereocenters. The van der Waals surface area contributed by atoms with Crippen molar-refractivity contribution in [3.8, 4) is 5.69 Å². The Bertz CT molecular complexity index is 1140. The second kappa shape index (κ2) is 7.19. The number of anilines is 1. The quantitative estimate of drug-likeness (QED) is 0.494. The maximum atomic E-state index is 13.3. The van der Waals surface area contributed by atoms with Gasteiger partial charge in [-0.3, -0.25) is 0 Å². The van der Waals surface area contributed by atoms with Gasteiger partial charge in [-0.05, 0) is 48.9 Å². The standard InChI is InChI=1S/C23H21FN4/c1-15-3-5-17(6-4-15)13-26-16(2)21-11-19(25)12-23-22(21)14-27-28(23)20-9-7-18(24)8-10-20/h3-12,14,26H,2,13,25H2,1H3. The fraction of sp³-hybridized carbons (Fsp3) is 0.0870. The second-order valence-corrected chi connectivity index (χ2v) is 6.85. The van der Waals surface area contributed by atoms with E-state index in [4.69, 9.17) is 5.73 Å². The average Bonchev–Trinajstić information content (AvgIpc) is 3.11. The van der Waals surface area contributed by atoms with Gasteiger partial charge in [0.1, 0.15) is 5.82 Å². The van der Waals surface area contributed by atoms with Gasteiger partial charge in [0.2, 0.25) is 0 Å². The first-order valence-corrected chi connectivity index (χ1v) is 9.03. The summed E-state index contributed by atoms with van der Waals surface area (Å²) in [6.45, 7) is 6.93. The summed E-state index contributed by atoms with van der Waals surface area (Å²) in [6, 6.07) is 18.3. The number of hydrogen-bond acceptors (Lipinski definition) is 3. The van der Waals surface area contributed by atoms with Gasteiger partial charge >= 0.3 is 0 Å². The highest BCUT2D eigenvalue weighted by Gasteiger charge is 2.12. The van der Waals surface area contributed by atoms with Crippen LogP contribution < -0.4 is 11.1 Å². The summed E-state index contributed by atoms with van der Waals surface area (Å²) >= 11 is 0. The first-order valence-electron chi connectivity index (χ1n) is 9.03. The molecule has 0 aliphatic heterocycles. The first kappa shape index (κ1) is 17.8. The molecule has 5 heteroatoms. The van der Waals surface area contributed by atoms with Gasteiger partial charge in [0.15, 0.2) is 0 Å². The van der Waals surface area contributed by atoms with Gasteiger partial charge in [-0.1, -0.05) is 36.4 Å². The zero-order valence-corrected chi connectivity index (χ0v) is 15.6. The minimum absolute atomic E-state index is 0.283. The monoisotopic (exact) mass is 372 g/mol. The normalized spacial score (nSPS) is 10.9. The molecule has 0 saturated carbocycles. The Morgan fingerprint density at radius 1 is 1.11 bits per heavy atom. The molecular formula is C23H21FN4. The second-order valence-electron chi connectivity index (χ2n) is 6.85. The smallest absolute Gasteiger partial charge is 0.123 e. The SMILES string of the molecule is C=C(NCc1ccc(C)cc1)c1cc(N)cc2c1cnn2-c1ccc(F)cc1. The zero-order valence-electron chi connectivity index (χ0n) is 15.6. The Balaban J connectivity index is 1.66. The van der Waals surface area contributed by atoms with E-state index in [9.17, 15) is 4.39 Å². The van der Waals surface area contributed by atoms with Crippen LogP contribution in [-0.4, -0.2) is 9.78 Å². The topological polar surface area (TPSA) is 55.9 Å². The van der Waals surface area contributed by atoms with E-state index < -0.39 is 0 Å². The number of nitrogens with zero attached hydrogens (tertiary/aromatic N) is 2. The molecule has 140 valence electrons. The molecule has 0 atom stereocenters. The summed E-state index contributed by atoms with van der Waals surface area (Å²) < 4.78 is 15.0. The maximum absolute atomic E-state index is 13.3. The number of fused-ring (bicyclic) bond motifs is 1. The lowest BCUT2D eigenvalue weighted by atomic mass is 10.1. The van der Waals surface area contributed by atoms with Crippen molar-refractivity contribution in [1.82, 2.24) is 15.1 Å². The molecule has 0 aliphatic rings. The molecule has 1 aromatic heterocycles. The van der Waals surface area contributed by atoms with Crippen molar-refractivity contribution in [2.45, 2.75) is 13.5 Å². The number of hydrogen-bond donors (Lipinski definition) is 2. The molecule has 0 amide bonds. The summed E-state index contributed by atoms with van der Waals surface area (Å²) in [5.74, 6) is -0.283. The zero-order chi connectivity index (χ0) is 19.7. The van der Waals surface area contributed by atoms with E-state index in [1.165, 1.54) is 23.3 Å². The molecule has 1 heterocycles. The summed E-state index contributed by atoms with van der Waals surface area (Å²) in [5.41, 5.74) is 12.5. The molecule has 4 aromatic rings. The van der Waals surface area contributed by atoms with Gasteiger partial charge in [0, 0.05) is 28.9 Å². The van der Waals surface area contributed by atoms with Crippen LogP contribution in [0.25, 0.3) is 22.3 Å². The lowest BCUT2D eigenvalue weighted by Crippen LogP contribution is -2.11. The van der Waals surface area contributed by atoms with E-state index in [-0.39, 0.29) is 5.82 Å². The third-order valence-corrected chi connectivity index (χ3v) is 4.73. The predicted octanol–water partition coefficient (Wildman–Crippen LogP) is 4.82. The van der Waals surface area contributed by atoms with Crippen LogP contribution in [-0.2, 0) is 6.54 Å². The van der Waals surface area contributed by atoms with Crippen molar-refractivity contribution < 1.29 is 4.39 Å². The molecule has 0 radical (unpaired) electrons. The van der Waals surface area contributed by atoms with Crippen molar-refractivity contribution in [3.05, 3.63) is 95.9 Å². The molecule has 0 bridgehead atoms. The summed E-state index contributed by atoms with van der Waals surface area (Å²) in [4.78, 5) is 0. The van der Waals surface area contributed by atoms with E-state index in [1.54, 1.807) is 23.0 Å². The summed E-state index contributed by atoms with van der Waals surface area (Å²) in [6.07, 6.45) is 1.78. The fourth-order valence-corrected chi connectivity index (χ4v) is 3.20. The van der Waals surface area contributed by atoms with Crippen LogP contribution in [0.2, 0.25) is 0 Å². The summed E-state index contributed by atoms with van der Waals surface area (Å²) in [5, 5.41) is 8.78. The molecule has 4 nitrogen and oxygen atoms in total. The molecule has 28 heavy (non-hydrogen) atoms. The van der Waals surface area contributed by atoms with Crippen LogP contribution in [0.5, 0.6) is 0 Å². The Morgan fingerprint density at radius 2 is 1.82 bits per heavy atom. The molecular weight excluding hydrogens is 351 g/mol. The van der Waals surface area contributed by atoms with Gasteiger partial charge in [-0.25, -0.2) is 9.07 Å². The van der Waals surface area contributed by atoms with Gasteiger partial charge in [0.05, 0.1) is 17.4 Å². The number of aryl methyl sites for hydroxylation is 1. The molecule has 0 aliphatic carbocycles. The molecule has 0 fully saturated rings. The van der Waals surface area contributed by atoms with Crippen LogP contribution in [0.3, 0.4) is 0 Å². The highest BCUT2D eigenvalue weighted by molar-refractivity contribution is 5.94. The van der Waals surface area contributed by atoms with Gasteiger partial charge in [0.25, 0.3) is 0 Å². The van der Waals surface area contributed by atoms with Crippen LogP contribution in [0.15, 0.2) is 73.4 Å². The number of nitrogen functional groups attached to an aromatic ring is 1. The van der Waals surface area contributed by atoms with Crippen LogP contribution >= 0.6 is 0 Å². The van der Waals surface area contributed by atoms with Crippen LogP contribution in [0.1, 0.15) is 16.7 Å². The average molecular weight is 372 g/mol. The Hall–Kier alpha value is -3.60. The van der Waals surface area contributed by atoms with Gasteiger partial charge < -0.3 is 11.1 Å². The van der Waals surface area contributed by atoms with E-state index in [1.807, 2.05) is 12.1 Å². The lowest BCUT2D eigenvalue weighted by molar-refractivity contribution is 0.627. The number of nitrogens with one attached hydrogen (secondary N) is 1. The number of rotatable bonds is 5. The molecule has 4 rings (SSSR count). The molecule has 3 aromatic carbocycles. The Kier molecular flexibility index (Phi) is 4.57. The van der Waals surface area contributed by atoms with Gasteiger partial charge in [-0.2, -0.15) is 5.10 Å². The molecule has 3 N–H and O–H groups in total. The van der Waals surface area contributed by atoms with Crippen molar-refractivity contribution in [3.63, 3.8) is 0 Å². The van der Waals surface area contributed by atoms with Crippen molar-refractivity contribution in [2.24, 2.45) is 0 Å². The first-order chi connectivity index (χ1) is 13.5. The van der Waals surface area contributed by atoms with Crippen molar-refractivity contribution in [2.75, 3.05) is 5.73 Å². The van der Waals surface area contributed by atoms with E-state index in [2.05, 4.69) is 48.2 Å². The fourth-order valence-electron chi connectivity index (χ4n) is 3.20. The predicted molar refractivity (Wildman–Crippen MR) is 112 cm³/mol. The highest BCUT2D eigenvalue weighted by Crippen LogP contribution is 2.28. The van der Waals surface area contributed by atoms with Crippen molar-refractivity contribution in [1.29, 1.82) is 0 Å². The minimum atomic E-state index is -0.283. The number of halogens is 1. The third kappa shape index (κ3) is 3.47. The number of nitrogens with two attached hydrogens (primary N) is 1. The van der Waals surface area contributed by atoms with E-state index in [0.717, 1.165) is 27.9 Å². The maximum Gasteiger partial charge on any atom is 0.123 e. The number of benzene rings is 3. The summed E-state index contributed by atoms with van der Waals surface area (Å²) in [7, 11) is 0. The van der Waals surface area contributed by atoms with Crippen LogP contribution in [0.4, 0.5) is 10.1 Å². The highest BCUT2D eigenvalue weighted by atomic mass is 19.1. The minimum Gasteiger partial charge on any atom is -0.399 e.